The molecule has 0 radical (unpaired) electrons. The molecule has 11 aromatic rings. The standard InChI is InChI=1S/C64H44N4S/c1-4-54(42-18-7-5-8-19-42)67-64(45-34-35-50-49-24-14-16-29-57(49)69-58(50)38-45)65-40(3)68-56-28-15-13-23-48(56)53-37-36-52-47-22-11-12-25-51(47)60(61(52)63(53)68)43-32-30-41(31-33-43)46-26-17-27-55-59(46)39(2)62(66-55)44-20-9-6-10-21-44/h4-38,40,60H,1-2H2,3H3. The Bertz CT molecular complexity index is 4000. The van der Waals surface area contributed by atoms with E-state index in [0.717, 1.165) is 61.6 Å². The van der Waals surface area contributed by atoms with Crippen LogP contribution in [0.2, 0.25) is 0 Å². The Balaban J connectivity index is 0.973. The molecule has 1 aliphatic carbocycles. The molecular formula is C64H44N4S. The van der Waals surface area contributed by atoms with E-state index in [-0.39, 0.29) is 12.1 Å². The van der Waals surface area contributed by atoms with Crippen LogP contribution in [0.3, 0.4) is 0 Å². The highest BCUT2D eigenvalue weighted by Gasteiger charge is 2.34. The zero-order chi connectivity index (χ0) is 46.2. The van der Waals surface area contributed by atoms with Gasteiger partial charge in [0.1, 0.15) is 6.17 Å². The first-order valence-electron chi connectivity index (χ1n) is 23.5. The summed E-state index contributed by atoms with van der Waals surface area (Å²) in [5.41, 5.74) is 18.7. The van der Waals surface area contributed by atoms with Gasteiger partial charge in [0.2, 0.25) is 0 Å². The van der Waals surface area contributed by atoms with Gasteiger partial charge in [0.15, 0.2) is 5.84 Å². The maximum Gasteiger partial charge on any atom is 0.157 e. The average Bonchev–Trinajstić information content (AvgIpc) is 4.15. The molecule has 0 N–H and O–H groups in total. The van der Waals surface area contributed by atoms with Gasteiger partial charge >= 0.3 is 0 Å². The minimum Gasteiger partial charge on any atom is -0.317 e. The lowest BCUT2D eigenvalue weighted by Gasteiger charge is -2.20. The second-order valence-electron chi connectivity index (χ2n) is 17.9. The molecule has 13 rings (SSSR count). The molecule has 326 valence electrons. The first kappa shape index (κ1) is 40.7. The molecule has 2 unspecified atom stereocenters. The molecule has 69 heavy (non-hydrogen) atoms. The SMILES string of the molecule is C=CC(=NC(=NC(C)n1c2ccccc2c2ccc3c(c21)C(c1ccc(-c2cccc4c2C(=C)C(c2ccccc2)=N4)cc1)c1ccccc1-3)c1ccc2c(c1)sc1ccccc12)c1ccccc1. The van der Waals surface area contributed by atoms with E-state index in [9.17, 15) is 0 Å². The van der Waals surface area contributed by atoms with E-state index in [4.69, 9.17) is 15.0 Å². The summed E-state index contributed by atoms with van der Waals surface area (Å²) < 4.78 is 4.93. The third kappa shape index (κ3) is 6.61. The second-order valence-corrected chi connectivity index (χ2v) is 19.0. The predicted molar refractivity (Wildman–Crippen MR) is 293 cm³/mol. The first-order valence-corrected chi connectivity index (χ1v) is 24.3. The van der Waals surface area contributed by atoms with Crippen LogP contribution in [0, 0.1) is 0 Å². The van der Waals surface area contributed by atoms with E-state index < -0.39 is 0 Å². The fraction of sp³-hybridized carbons (Fsp3) is 0.0469. The molecule has 0 saturated heterocycles. The van der Waals surface area contributed by atoms with Crippen molar-refractivity contribution in [3.63, 3.8) is 0 Å². The Kier molecular flexibility index (Phi) is 9.67. The van der Waals surface area contributed by atoms with Crippen LogP contribution in [0.1, 0.15) is 58.0 Å². The normalized spacial score (nSPS) is 14.9. The minimum absolute atomic E-state index is 0.0176. The molecule has 9 aromatic carbocycles. The molecule has 2 aliphatic rings. The lowest BCUT2D eigenvalue weighted by atomic mass is 9.86. The predicted octanol–water partition coefficient (Wildman–Crippen LogP) is 16.8. The highest BCUT2D eigenvalue weighted by molar-refractivity contribution is 7.25. The van der Waals surface area contributed by atoms with Crippen molar-refractivity contribution in [1.29, 1.82) is 0 Å². The van der Waals surface area contributed by atoms with Crippen LogP contribution in [0.4, 0.5) is 5.69 Å². The molecule has 0 bridgehead atoms. The van der Waals surface area contributed by atoms with Gasteiger partial charge in [-0.1, -0.05) is 195 Å². The van der Waals surface area contributed by atoms with Crippen LogP contribution >= 0.6 is 11.3 Å². The third-order valence-electron chi connectivity index (χ3n) is 14.0. The third-order valence-corrected chi connectivity index (χ3v) is 15.2. The Hall–Kier alpha value is -8.51. The van der Waals surface area contributed by atoms with Gasteiger partial charge in [0.25, 0.3) is 0 Å². The summed E-state index contributed by atoms with van der Waals surface area (Å²) in [5.74, 6) is 0.641. The number of rotatable bonds is 8. The van der Waals surface area contributed by atoms with Crippen molar-refractivity contribution in [3.8, 4) is 22.3 Å². The lowest BCUT2D eigenvalue weighted by Crippen LogP contribution is -2.11. The largest absolute Gasteiger partial charge is 0.317 e. The summed E-state index contributed by atoms with van der Waals surface area (Å²) in [6.07, 6.45) is 1.49. The highest BCUT2D eigenvalue weighted by Crippen LogP contribution is 2.53. The molecule has 0 spiro atoms. The van der Waals surface area contributed by atoms with Crippen molar-refractivity contribution in [2.24, 2.45) is 15.0 Å². The molecule has 0 fully saturated rings. The number of amidine groups is 1. The Morgan fingerprint density at radius 2 is 1.30 bits per heavy atom. The zero-order valence-electron chi connectivity index (χ0n) is 38.0. The quantitative estimate of drug-likeness (QED) is 0.108. The van der Waals surface area contributed by atoms with Gasteiger partial charge in [-0.3, -0.25) is 0 Å². The first-order chi connectivity index (χ1) is 34.0. The molecule has 4 nitrogen and oxygen atoms in total. The van der Waals surface area contributed by atoms with Crippen molar-refractivity contribution in [2.45, 2.75) is 19.0 Å². The fourth-order valence-corrected chi connectivity index (χ4v) is 12.1. The molecule has 5 heteroatoms. The van der Waals surface area contributed by atoms with Gasteiger partial charge in [-0.15, -0.1) is 11.3 Å². The summed E-state index contributed by atoms with van der Waals surface area (Å²) >= 11 is 1.81. The molecule has 0 saturated carbocycles. The number of nitrogens with zero attached hydrogens (tertiary/aromatic N) is 4. The summed E-state index contributed by atoms with van der Waals surface area (Å²) in [6.45, 7) is 11.0. The lowest BCUT2D eigenvalue weighted by molar-refractivity contribution is 0.611. The topological polar surface area (TPSA) is 42.0 Å². The Labute approximate surface area is 405 Å². The summed E-state index contributed by atoms with van der Waals surface area (Å²) in [6, 6.07) is 73.9. The van der Waals surface area contributed by atoms with Crippen molar-refractivity contribution in [1.82, 2.24) is 4.57 Å². The van der Waals surface area contributed by atoms with Gasteiger partial charge < -0.3 is 4.57 Å². The number of allylic oxidation sites excluding steroid dienone is 2. The van der Waals surface area contributed by atoms with Gasteiger partial charge in [-0.2, -0.15) is 0 Å². The monoisotopic (exact) mass is 900 g/mol. The van der Waals surface area contributed by atoms with Gasteiger partial charge in [-0.25, -0.2) is 15.0 Å². The summed E-state index contributed by atoms with van der Waals surface area (Å²) in [7, 11) is 0. The maximum atomic E-state index is 5.67. The van der Waals surface area contributed by atoms with Crippen LogP contribution in [-0.4, -0.2) is 21.8 Å². The van der Waals surface area contributed by atoms with E-state index in [0.29, 0.717) is 5.84 Å². The Morgan fingerprint density at radius 1 is 0.609 bits per heavy atom. The summed E-state index contributed by atoms with van der Waals surface area (Å²) in [4.78, 5) is 16.1. The van der Waals surface area contributed by atoms with Crippen LogP contribution in [0.5, 0.6) is 0 Å². The van der Waals surface area contributed by atoms with E-state index >= 15 is 0 Å². The van der Waals surface area contributed by atoms with Gasteiger partial charge in [-0.05, 0) is 76.2 Å². The molecule has 2 atom stereocenters. The van der Waals surface area contributed by atoms with Crippen LogP contribution in [0.25, 0.3) is 69.8 Å². The molecule has 0 amide bonds. The number of para-hydroxylation sites is 1. The number of thiophene rings is 1. The van der Waals surface area contributed by atoms with E-state index in [1.54, 1.807) is 11.3 Å². The van der Waals surface area contributed by atoms with E-state index in [1.807, 2.05) is 30.3 Å². The number of benzene rings is 9. The van der Waals surface area contributed by atoms with Crippen molar-refractivity contribution in [3.05, 3.63) is 264 Å². The van der Waals surface area contributed by atoms with Crippen molar-refractivity contribution in [2.75, 3.05) is 0 Å². The smallest absolute Gasteiger partial charge is 0.157 e. The molecule has 1 aliphatic heterocycles. The van der Waals surface area contributed by atoms with E-state index in [2.05, 4.69) is 207 Å². The number of hydrogen-bond acceptors (Lipinski definition) is 3. The van der Waals surface area contributed by atoms with Crippen LogP contribution in [-0.2, 0) is 0 Å². The zero-order valence-corrected chi connectivity index (χ0v) is 38.8. The molecular weight excluding hydrogens is 857 g/mol. The second kappa shape index (κ2) is 16.4. The molecule has 2 aromatic heterocycles. The van der Waals surface area contributed by atoms with Gasteiger partial charge in [0.05, 0.1) is 28.1 Å². The molecule has 3 heterocycles. The Morgan fingerprint density at radius 3 is 2.13 bits per heavy atom. The van der Waals surface area contributed by atoms with Crippen LogP contribution < -0.4 is 0 Å². The summed E-state index contributed by atoms with van der Waals surface area (Å²) in [5, 5.41) is 4.91. The number of fused-ring (bicyclic) bond motifs is 11. The fourth-order valence-electron chi connectivity index (χ4n) is 10.9. The van der Waals surface area contributed by atoms with Gasteiger partial charge in [0, 0.05) is 64.7 Å². The van der Waals surface area contributed by atoms with Crippen molar-refractivity contribution < 1.29 is 0 Å². The number of aliphatic imine (C=N–C) groups is 3. The van der Waals surface area contributed by atoms with Crippen molar-refractivity contribution >= 4 is 81.8 Å². The highest BCUT2D eigenvalue weighted by atomic mass is 32.1. The average molecular weight is 901 g/mol. The number of aromatic nitrogens is 1. The van der Waals surface area contributed by atoms with Crippen LogP contribution in [0.15, 0.2) is 240 Å². The van der Waals surface area contributed by atoms with E-state index in [1.165, 1.54) is 64.3 Å². The maximum absolute atomic E-state index is 5.67. The minimum atomic E-state index is -0.347. The number of hydrogen-bond donors (Lipinski definition) is 0.